The normalized spacial score (nSPS) is 11.4. The fourth-order valence-corrected chi connectivity index (χ4v) is 2.15. The second-order valence-electron chi connectivity index (χ2n) is 5.11. The van der Waals surface area contributed by atoms with Gasteiger partial charge in [0.15, 0.2) is 17.6 Å². The third kappa shape index (κ3) is 4.87. The molecule has 25 heavy (non-hydrogen) atoms. The Morgan fingerprint density at radius 2 is 1.64 bits per heavy atom. The van der Waals surface area contributed by atoms with E-state index in [0.717, 1.165) is 0 Å². The van der Waals surface area contributed by atoms with Crippen LogP contribution in [-0.4, -0.2) is 32.2 Å². The van der Waals surface area contributed by atoms with Crippen LogP contribution in [0, 0.1) is 0 Å². The molecule has 2 rings (SSSR count). The first kappa shape index (κ1) is 18.6. The van der Waals surface area contributed by atoms with Crippen molar-refractivity contribution in [2.24, 2.45) is 0 Å². The van der Waals surface area contributed by atoms with Crippen molar-refractivity contribution in [3.63, 3.8) is 0 Å². The molecule has 0 saturated heterocycles. The van der Waals surface area contributed by atoms with Crippen LogP contribution in [-0.2, 0) is 9.53 Å². The number of hydrogen-bond donors (Lipinski definition) is 1. The summed E-state index contributed by atoms with van der Waals surface area (Å²) in [5, 5.41) is 3.21. The molecule has 0 unspecified atom stereocenters. The zero-order valence-corrected chi connectivity index (χ0v) is 14.8. The van der Waals surface area contributed by atoms with E-state index in [9.17, 15) is 9.59 Å². The Kier molecular flexibility index (Phi) is 6.25. The molecule has 6 nitrogen and oxygen atoms in total. The standard InChI is InChI=1S/C18H18ClNO5/c1-11(17(21)20-14-7-5-13(19)6-8-14)25-18(22)12-4-9-15(23-2)16(10-12)24-3/h4-11H,1-3H3,(H,20,21)/t11-/m1/s1. The summed E-state index contributed by atoms with van der Waals surface area (Å²) >= 11 is 5.79. The molecular weight excluding hydrogens is 346 g/mol. The maximum atomic E-state index is 12.2. The molecule has 0 aromatic heterocycles. The fourth-order valence-electron chi connectivity index (χ4n) is 2.02. The molecule has 0 saturated carbocycles. The number of ether oxygens (including phenoxy) is 3. The molecule has 2 aromatic carbocycles. The van der Waals surface area contributed by atoms with E-state index < -0.39 is 18.0 Å². The molecule has 1 amide bonds. The van der Waals surface area contributed by atoms with E-state index in [4.69, 9.17) is 25.8 Å². The highest BCUT2D eigenvalue weighted by atomic mass is 35.5. The molecule has 0 spiro atoms. The Morgan fingerprint density at radius 1 is 1.00 bits per heavy atom. The van der Waals surface area contributed by atoms with Gasteiger partial charge in [-0.3, -0.25) is 4.79 Å². The molecular formula is C18H18ClNO5. The van der Waals surface area contributed by atoms with Gasteiger partial charge in [-0.05, 0) is 49.4 Å². The van der Waals surface area contributed by atoms with Gasteiger partial charge in [0, 0.05) is 10.7 Å². The highest BCUT2D eigenvalue weighted by Crippen LogP contribution is 2.28. The number of carbonyl (C=O) groups excluding carboxylic acids is 2. The van der Waals surface area contributed by atoms with Gasteiger partial charge in [-0.1, -0.05) is 11.6 Å². The fraction of sp³-hybridized carbons (Fsp3) is 0.222. The van der Waals surface area contributed by atoms with Gasteiger partial charge in [0.1, 0.15) is 0 Å². The molecule has 1 N–H and O–H groups in total. The first-order valence-corrected chi connectivity index (χ1v) is 7.82. The highest BCUT2D eigenvalue weighted by molar-refractivity contribution is 6.30. The van der Waals surface area contributed by atoms with Crippen molar-refractivity contribution < 1.29 is 23.8 Å². The summed E-state index contributed by atoms with van der Waals surface area (Å²) in [7, 11) is 2.97. The number of nitrogens with one attached hydrogen (secondary N) is 1. The lowest BCUT2D eigenvalue weighted by molar-refractivity contribution is -0.123. The van der Waals surface area contributed by atoms with Crippen molar-refractivity contribution in [1.29, 1.82) is 0 Å². The Bertz CT molecular complexity index is 761. The SMILES string of the molecule is COc1ccc(C(=O)O[C@H](C)C(=O)Nc2ccc(Cl)cc2)cc1OC. The average Bonchev–Trinajstić information content (AvgIpc) is 2.62. The molecule has 0 heterocycles. The topological polar surface area (TPSA) is 73.9 Å². The van der Waals surface area contributed by atoms with E-state index in [0.29, 0.717) is 22.2 Å². The van der Waals surface area contributed by atoms with Crippen LogP contribution in [0.5, 0.6) is 11.5 Å². The minimum absolute atomic E-state index is 0.254. The van der Waals surface area contributed by atoms with Gasteiger partial charge in [-0.25, -0.2) is 4.79 Å². The van der Waals surface area contributed by atoms with Gasteiger partial charge in [0.2, 0.25) is 0 Å². The molecule has 0 aliphatic rings. The zero-order valence-electron chi connectivity index (χ0n) is 14.0. The van der Waals surface area contributed by atoms with Gasteiger partial charge in [-0.15, -0.1) is 0 Å². The quantitative estimate of drug-likeness (QED) is 0.794. The molecule has 1 atom stereocenters. The monoisotopic (exact) mass is 363 g/mol. The second kappa shape index (κ2) is 8.39. The van der Waals surface area contributed by atoms with Crippen LogP contribution in [0.3, 0.4) is 0 Å². The predicted molar refractivity (Wildman–Crippen MR) is 94.5 cm³/mol. The van der Waals surface area contributed by atoms with Crippen molar-refractivity contribution in [2.75, 3.05) is 19.5 Å². The second-order valence-corrected chi connectivity index (χ2v) is 5.55. The molecule has 7 heteroatoms. The summed E-state index contributed by atoms with van der Waals surface area (Å²) in [4.78, 5) is 24.3. The third-order valence-corrected chi connectivity index (χ3v) is 3.64. The first-order valence-electron chi connectivity index (χ1n) is 7.44. The van der Waals surface area contributed by atoms with Crippen LogP contribution >= 0.6 is 11.6 Å². The Morgan fingerprint density at radius 3 is 2.24 bits per heavy atom. The summed E-state index contributed by atoms with van der Waals surface area (Å²) < 4.78 is 15.5. The Hall–Kier alpha value is -2.73. The first-order chi connectivity index (χ1) is 11.9. The number of hydrogen-bond acceptors (Lipinski definition) is 5. The van der Waals surface area contributed by atoms with Gasteiger partial charge in [-0.2, -0.15) is 0 Å². The lowest BCUT2D eigenvalue weighted by Crippen LogP contribution is -2.30. The number of esters is 1. The van der Waals surface area contributed by atoms with Gasteiger partial charge in [0.05, 0.1) is 19.8 Å². The van der Waals surface area contributed by atoms with Crippen molar-refractivity contribution in [2.45, 2.75) is 13.0 Å². The number of amides is 1. The van der Waals surface area contributed by atoms with E-state index in [1.54, 1.807) is 30.3 Å². The Labute approximate surface area is 150 Å². The van der Waals surface area contributed by atoms with E-state index in [2.05, 4.69) is 5.32 Å². The molecule has 0 radical (unpaired) electrons. The minimum Gasteiger partial charge on any atom is -0.493 e. The van der Waals surface area contributed by atoms with Crippen molar-refractivity contribution in [1.82, 2.24) is 0 Å². The van der Waals surface area contributed by atoms with E-state index in [-0.39, 0.29) is 5.56 Å². The van der Waals surface area contributed by atoms with Gasteiger partial charge in [0.25, 0.3) is 5.91 Å². The van der Waals surface area contributed by atoms with Crippen LogP contribution in [0.15, 0.2) is 42.5 Å². The van der Waals surface area contributed by atoms with Crippen LogP contribution in [0.2, 0.25) is 5.02 Å². The largest absolute Gasteiger partial charge is 0.493 e. The van der Waals surface area contributed by atoms with Crippen LogP contribution in [0.25, 0.3) is 0 Å². The number of methoxy groups -OCH3 is 2. The smallest absolute Gasteiger partial charge is 0.339 e. The van der Waals surface area contributed by atoms with E-state index in [1.165, 1.54) is 33.3 Å². The summed E-state index contributed by atoms with van der Waals surface area (Å²) in [5.41, 5.74) is 0.812. The number of rotatable bonds is 6. The number of anilines is 1. The number of halogens is 1. The van der Waals surface area contributed by atoms with E-state index in [1.807, 2.05) is 0 Å². The maximum absolute atomic E-state index is 12.2. The number of benzene rings is 2. The van der Waals surface area contributed by atoms with Crippen LogP contribution in [0.1, 0.15) is 17.3 Å². The average molecular weight is 364 g/mol. The van der Waals surface area contributed by atoms with Gasteiger partial charge >= 0.3 is 5.97 Å². The van der Waals surface area contributed by atoms with Gasteiger partial charge < -0.3 is 19.5 Å². The molecule has 0 bridgehead atoms. The molecule has 0 aliphatic carbocycles. The number of carbonyl (C=O) groups is 2. The summed E-state index contributed by atoms with van der Waals surface area (Å²) in [5.74, 6) is -0.196. The summed E-state index contributed by atoms with van der Waals surface area (Å²) in [6.45, 7) is 1.49. The molecule has 0 aliphatic heterocycles. The van der Waals surface area contributed by atoms with E-state index >= 15 is 0 Å². The van der Waals surface area contributed by atoms with Crippen molar-refractivity contribution >= 4 is 29.2 Å². The lowest BCUT2D eigenvalue weighted by atomic mass is 10.2. The molecule has 132 valence electrons. The summed E-state index contributed by atoms with van der Waals surface area (Å²) in [6.07, 6.45) is -0.976. The lowest BCUT2D eigenvalue weighted by Gasteiger charge is -2.14. The van der Waals surface area contributed by atoms with Crippen LogP contribution < -0.4 is 14.8 Å². The predicted octanol–water partition coefficient (Wildman–Crippen LogP) is 3.54. The zero-order chi connectivity index (χ0) is 18.4. The van der Waals surface area contributed by atoms with Crippen LogP contribution in [0.4, 0.5) is 5.69 Å². The summed E-state index contributed by atoms with van der Waals surface area (Å²) in [6, 6.07) is 11.2. The van der Waals surface area contributed by atoms with Crippen molar-refractivity contribution in [3.05, 3.63) is 53.1 Å². The highest BCUT2D eigenvalue weighted by Gasteiger charge is 2.20. The molecule has 2 aromatic rings. The minimum atomic E-state index is -0.976. The van der Waals surface area contributed by atoms with Crippen molar-refractivity contribution in [3.8, 4) is 11.5 Å². The Balaban J connectivity index is 2.01. The molecule has 0 fully saturated rings. The maximum Gasteiger partial charge on any atom is 0.339 e. The third-order valence-electron chi connectivity index (χ3n) is 3.38.